The highest BCUT2D eigenvalue weighted by Crippen LogP contribution is 2.17. The third kappa shape index (κ3) is 2.47. The molecule has 1 unspecified atom stereocenters. The van der Waals surface area contributed by atoms with E-state index in [2.05, 4.69) is 3.07 Å². The van der Waals surface area contributed by atoms with Crippen LogP contribution in [-0.2, 0) is 7.86 Å². The minimum absolute atomic E-state index is 0.148. The van der Waals surface area contributed by atoms with Crippen LogP contribution in [0.3, 0.4) is 0 Å². The maximum absolute atomic E-state index is 12.7. The second-order valence-corrected chi connectivity index (χ2v) is 2.36. The quantitative estimate of drug-likeness (QED) is 0.696. The summed E-state index contributed by atoms with van der Waals surface area (Å²) < 4.78 is 16.9. The number of hydrogen-bond donors (Lipinski definition) is 0. The highest BCUT2D eigenvalue weighted by molar-refractivity contribution is 14.1. The van der Waals surface area contributed by atoms with Gasteiger partial charge in [0.25, 0.3) is 0 Å². The highest BCUT2D eigenvalue weighted by atomic mass is 127. The lowest BCUT2D eigenvalue weighted by atomic mass is 10.1. The van der Waals surface area contributed by atoms with E-state index >= 15 is 0 Å². The van der Waals surface area contributed by atoms with Crippen molar-refractivity contribution in [2.45, 2.75) is 25.9 Å². The molecule has 0 saturated carbocycles. The summed E-state index contributed by atoms with van der Waals surface area (Å²) >= 11 is 1.37. The van der Waals surface area contributed by atoms with E-state index in [4.69, 9.17) is 0 Å². The molecule has 0 heterocycles. The zero-order valence-electron chi connectivity index (χ0n) is 5.28. The molecule has 1 atom stereocenters. The average molecular weight is 246 g/mol. The van der Waals surface area contributed by atoms with E-state index in [-0.39, 0.29) is 6.42 Å². The molecule has 0 aliphatic heterocycles. The van der Waals surface area contributed by atoms with Crippen LogP contribution in [0, 0.1) is 0 Å². The Kier molecular flexibility index (Phi) is 3.38. The van der Waals surface area contributed by atoms with Crippen LogP contribution in [-0.4, -0.2) is 11.6 Å². The molecule has 0 spiro atoms. The van der Waals surface area contributed by atoms with Gasteiger partial charge in [-0.05, 0) is 13.3 Å². The predicted molar refractivity (Wildman–Crippen MR) is 39.9 cm³/mol. The van der Waals surface area contributed by atoms with E-state index in [0.717, 1.165) is 0 Å². The number of halogens is 2. The van der Waals surface area contributed by atoms with Gasteiger partial charge in [-0.2, -0.15) is 0 Å². The topological polar surface area (TPSA) is 26.3 Å². The maximum Gasteiger partial charge on any atom is 0.352 e. The SMILES string of the molecule is CCC(C)(F)C(=O)OI. The van der Waals surface area contributed by atoms with E-state index in [0.29, 0.717) is 0 Å². The van der Waals surface area contributed by atoms with Crippen molar-refractivity contribution in [3.8, 4) is 0 Å². The molecule has 0 aliphatic carbocycles. The van der Waals surface area contributed by atoms with Crippen molar-refractivity contribution in [3.63, 3.8) is 0 Å². The summed E-state index contributed by atoms with van der Waals surface area (Å²) in [6.07, 6.45) is 0.148. The van der Waals surface area contributed by atoms with E-state index in [1.165, 1.54) is 29.9 Å². The lowest BCUT2D eigenvalue weighted by molar-refractivity contribution is -0.143. The summed E-state index contributed by atoms with van der Waals surface area (Å²) in [5, 5.41) is 0. The fourth-order valence-electron chi connectivity index (χ4n) is 0.225. The second kappa shape index (κ2) is 3.34. The Morgan fingerprint density at radius 3 is 2.44 bits per heavy atom. The van der Waals surface area contributed by atoms with Crippen molar-refractivity contribution in [2.24, 2.45) is 0 Å². The molecule has 0 rings (SSSR count). The monoisotopic (exact) mass is 246 g/mol. The number of carbonyl (C=O) groups is 1. The van der Waals surface area contributed by atoms with Crippen LogP contribution in [0.25, 0.3) is 0 Å². The molecular weight excluding hydrogens is 238 g/mol. The lowest BCUT2D eigenvalue weighted by Gasteiger charge is -2.12. The molecule has 0 fully saturated rings. The standard InChI is InChI=1S/C5H8FIO2/c1-3-5(2,6)4(8)9-7/h3H2,1-2H3. The summed E-state index contributed by atoms with van der Waals surface area (Å²) in [6.45, 7) is 2.79. The van der Waals surface area contributed by atoms with Gasteiger partial charge in [0.2, 0.25) is 5.67 Å². The van der Waals surface area contributed by atoms with Crippen molar-refractivity contribution in [1.82, 2.24) is 0 Å². The molecule has 0 saturated heterocycles. The molecule has 9 heavy (non-hydrogen) atoms. The Balaban J connectivity index is 3.97. The Morgan fingerprint density at radius 2 is 2.33 bits per heavy atom. The normalized spacial score (nSPS) is 16.4. The summed E-state index contributed by atoms with van der Waals surface area (Å²) in [7, 11) is 0. The second-order valence-electron chi connectivity index (χ2n) is 1.92. The van der Waals surface area contributed by atoms with Crippen LogP contribution < -0.4 is 0 Å². The summed E-state index contributed by atoms with van der Waals surface area (Å²) in [5.74, 6) is -0.814. The van der Waals surface area contributed by atoms with Crippen LogP contribution in [0.2, 0.25) is 0 Å². The molecule has 0 N–H and O–H groups in total. The summed E-state index contributed by atoms with van der Waals surface area (Å²) in [4.78, 5) is 10.5. The van der Waals surface area contributed by atoms with E-state index in [9.17, 15) is 9.18 Å². The number of hydrogen-bond acceptors (Lipinski definition) is 2. The largest absolute Gasteiger partial charge is 0.392 e. The van der Waals surface area contributed by atoms with Crippen molar-refractivity contribution in [2.75, 3.05) is 0 Å². The molecular formula is C5H8FIO2. The lowest BCUT2D eigenvalue weighted by Crippen LogP contribution is -2.28. The van der Waals surface area contributed by atoms with E-state index in [1.54, 1.807) is 6.92 Å². The van der Waals surface area contributed by atoms with Crippen LogP contribution in [0.15, 0.2) is 0 Å². The average Bonchev–Trinajstić information content (AvgIpc) is 1.86. The van der Waals surface area contributed by atoms with Gasteiger partial charge in [0, 0.05) is 0 Å². The fourth-order valence-corrected chi connectivity index (χ4v) is 0.684. The number of carbonyl (C=O) groups excluding carboxylic acids is 1. The third-order valence-electron chi connectivity index (χ3n) is 1.16. The van der Waals surface area contributed by atoms with Gasteiger partial charge in [-0.1, -0.05) is 6.92 Å². The molecule has 0 bridgehead atoms. The fraction of sp³-hybridized carbons (Fsp3) is 0.800. The molecule has 0 aliphatic rings. The molecule has 54 valence electrons. The Bertz CT molecular complexity index is 114. The van der Waals surface area contributed by atoms with Crippen LogP contribution in [0.4, 0.5) is 4.39 Å². The molecule has 0 radical (unpaired) electrons. The maximum atomic E-state index is 12.7. The first-order valence-corrected chi connectivity index (χ1v) is 3.44. The minimum atomic E-state index is -1.82. The van der Waals surface area contributed by atoms with E-state index < -0.39 is 11.6 Å². The Hall–Kier alpha value is 0.130. The molecule has 2 nitrogen and oxygen atoms in total. The van der Waals surface area contributed by atoms with Gasteiger partial charge in [-0.3, -0.25) is 0 Å². The molecule has 0 amide bonds. The van der Waals surface area contributed by atoms with Gasteiger partial charge in [0.1, 0.15) is 0 Å². The molecule has 0 aromatic carbocycles. The minimum Gasteiger partial charge on any atom is -0.392 e. The predicted octanol–water partition coefficient (Wildman–Crippen LogP) is 2.02. The van der Waals surface area contributed by atoms with Gasteiger partial charge in [-0.15, -0.1) is 0 Å². The first-order valence-electron chi connectivity index (χ1n) is 2.56. The van der Waals surface area contributed by atoms with Crippen molar-refractivity contribution < 1.29 is 12.3 Å². The number of alkyl halides is 1. The van der Waals surface area contributed by atoms with Crippen molar-refractivity contribution >= 4 is 29.0 Å². The number of rotatable bonds is 2. The summed E-state index contributed by atoms with van der Waals surface area (Å²) in [5.41, 5.74) is -1.82. The molecule has 0 aromatic rings. The molecule has 4 heteroatoms. The van der Waals surface area contributed by atoms with Crippen LogP contribution in [0.1, 0.15) is 20.3 Å². The highest BCUT2D eigenvalue weighted by Gasteiger charge is 2.32. The molecule has 0 aromatic heterocycles. The third-order valence-corrected chi connectivity index (χ3v) is 1.56. The Morgan fingerprint density at radius 1 is 1.89 bits per heavy atom. The van der Waals surface area contributed by atoms with Gasteiger partial charge in [-0.25, -0.2) is 9.18 Å². The van der Waals surface area contributed by atoms with Crippen LogP contribution in [0.5, 0.6) is 0 Å². The van der Waals surface area contributed by atoms with Gasteiger partial charge < -0.3 is 3.07 Å². The first kappa shape index (κ1) is 9.13. The van der Waals surface area contributed by atoms with Crippen LogP contribution >= 0.6 is 23.0 Å². The summed E-state index contributed by atoms with van der Waals surface area (Å²) in [6, 6.07) is 0. The van der Waals surface area contributed by atoms with E-state index in [1.807, 2.05) is 0 Å². The van der Waals surface area contributed by atoms with Crippen molar-refractivity contribution in [3.05, 3.63) is 0 Å². The zero-order valence-corrected chi connectivity index (χ0v) is 7.44. The van der Waals surface area contributed by atoms with Gasteiger partial charge >= 0.3 is 5.97 Å². The van der Waals surface area contributed by atoms with Crippen molar-refractivity contribution in [1.29, 1.82) is 0 Å². The van der Waals surface area contributed by atoms with Gasteiger partial charge in [0.15, 0.2) is 23.0 Å². The smallest absolute Gasteiger partial charge is 0.352 e. The Labute approximate surface area is 67.5 Å². The first-order chi connectivity index (χ1) is 4.04. The zero-order chi connectivity index (χ0) is 7.49. The van der Waals surface area contributed by atoms with Gasteiger partial charge in [0.05, 0.1) is 0 Å².